The smallest absolute Gasteiger partial charge is 0.371 e. The second-order valence-corrected chi connectivity index (χ2v) is 4.11. The van der Waals surface area contributed by atoms with Gasteiger partial charge in [-0.1, -0.05) is 12.1 Å². The third-order valence-corrected chi connectivity index (χ3v) is 2.65. The van der Waals surface area contributed by atoms with E-state index >= 15 is 0 Å². The normalized spacial score (nSPS) is 9.89. The van der Waals surface area contributed by atoms with Gasteiger partial charge in [-0.15, -0.1) is 0 Å². The largest absolute Gasteiger partial charge is 0.475 e. The average Bonchev–Trinajstić information content (AvgIpc) is 2.89. The SMILES string of the molecule is CN(Cc1cccc(C#N)c1)c1ccc(C(=O)O)o1. The zero-order chi connectivity index (χ0) is 13.8. The van der Waals surface area contributed by atoms with E-state index in [1.165, 1.54) is 6.07 Å². The summed E-state index contributed by atoms with van der Waals surface area (Å²) in [6.07, 6.45) is 0. The lowest BCUT2D eigenvalue weighted by atomic mass is 10.1. The number of carbonyl (C=O) groups is 1. The van der Waals surface area contributed by atoms with Crippen molar-refractivity contribution in [1.29, 1.82) is 5.26 Å². The number of hydrogen-bond donors (Lipinski definition) is 1. The predicted molar refractivity (Wildman–Crippen MR) is 68.9 cm³/mol. The summed E-state index contributed by atoms with van der Waals surface area (Å²) in [7, 11) is 1.80. The topological polar surface area (TPSA) is 77.5 Å². The first-order valence-electron chi connectivity index (χ1n) is 5.63. The molecule has 1 N–H and O–H groups in total. The summed E-state index contributed by atoms with van der Waals surface area (Å²) in [5, 5.41) is 17.6. The molecule has 0 fully saturated rings. The van der Waals surface area contributed by atoms with Gasteiger partial charge in [0.05, 0.1) is 11.6 Å². The molecule has 0 aliphatic heterocycles. The van der Waals surface area contributed by atoms with Gasteiger partial charge in [-0.3, -0.25) is 0 Å². The van der Waals surface area contributed by atoms with E-state index in [1.54, 1.807) is 30.1 Å². The Bertz CT molecular complexity index is 640. The summed E-state index contributed by atoms with van der Waals surface area (Å²) >= 11 is 0. The van der Waals surface area contributed by atoms with Gasteiger partial charge in [-0.2, -0.15) is 5.26 Å². The minimum atomic E-state index is -1.09. The fourth-order valence-electron chi connectivity index (χ4n) is 1.74. The van der Waals surface area contributed by atoms with E-state index in [2.05, 4.69) is 6.07 Å². The van der Waals surface area contributed by atoms with E-state index in [-0.39, 0.29) is 5.76 Å². The third-order valence-electron chi connectivity index (χ3n) is 2.65. The number of rotatable bonds is 4. The van der Waals surface area contributed by atoms with Gasteiger partial charge < -0.3 is 14.4 Å². The second kappa shape index (κ2) is 5.27. The van der Waals surface area contributed by atoms with Crippen LogP contribution in [0, 0.1) is 11.3 Å². The summed E-state index contributed by atoms with van der Waals surface area (Å²) < 4.78 is 5.20. The van der Waals surface area contributed by atoms with E-state index in [0.29, 0.717) is 18.0 Å². The fourth-order valence-corrected chi connectivity index (χ4v) is 1.74. The predicted octanol–water partition coefficient (Wildman–Crippen LogP) is 2.49. The van der Waals surface area contributed by atoms with Crippen LogP contribution in [0.4, 0.5) is 5.88 Å². The second-order valence-electron chi connectivity index (χ2n) is 4.11. The Morgan fingerprint density at radius 3 is 2.84 bits per heavy atom. The maximum absolute atomic E-state index is 10.7. The standard InChI is InChI=1S/C14H12N2O3/c1-16(13-6-5-12(19-13)14(17)18)9-11-4-2-3-10(7-11)8-15/h2-7H,9H2,1H3,(H,17,18). The molecule has 1 heterocycles. The number of carboxylic acid groups (broad SMARTS) is 1. The minimum absolute atomic E-state index is 0.0902. The Labute approximate surface area is 110 Å². The lowest BCUT2D eigenvalue weighted by molar-refractivity contribution is 0.0663. The molecule has 5 nitrogen and oxygen atoms in total. The summed E-state index contributed by atoms with van der Waals surface area (Å²) in [5.41, 5.74) is 1.55. The number of nitriles is 1. The van der Waals surface area contributed by atoms with Crippen molar-refractivity contribution in [3.05, 3.63) is 53.3 Å². The molecule has 1 aromatic carbocycles. The summed E-state index contributed by atoms with van der Waals surface area (Å²) in [6, 6.07) is 12.3. The Morgan fingerprint density at radius 1 is 1.42 bits per heavy atom. The maximum atomic E-state index is 10.7. The zero-order valence-corrected chi connectivity index (χ0v) is 10.3. The van der Waals surface area contributed by atoms with Gasteiger partial charge in [-0.25, -0.2) is 4.79 Å². The number of benzene rings is 1. The Morgan fingerprint density at radius 2 is 2.21 bits per heavy atom. The molecular formula is C14H12N2O3. The number of hydrogen-bond acceptors (Lipinski definition) is 4. The first-order chi connectivity index (χ1) is 9.10. The lowest BCUT2D eigenvalue weighted by Gasteiger charge is -2.15. The van der Waals surface area contributed by atoms with E-state index in [9.17, 15) is 4.79 Å². The van der Waals surface area contributed by atoms with E-state index in [4.69, 9.17) is 14.8 Å². The van der Waals surface area contributed by atoms with Gasteiger partial charge >= 0.3 is 5.97 Å². The Balaban J connectivity index is 2.13. The molecule has 1 aromatic heterocycles. The highest BCUT2D eigenvalue weighted by Gasteiger charge is 2.12. The van der Waals surface area contributed by atoms with Crippen molar-refractivity contribution < 1.29 is 14.3 Å². The monoisotopic (exact) mass is 256 g/mol. The molecular weight excluding hydrogens is 244 g/mol. The molecule has 0 aliphatic carbocycles. The van der Waals surface area contributed by atoms with E-state index < -0.39 is 5.97 Å². The van der Waals surface area contributed by atoms with Crippen molar-refractivity contribution in [3.8, 4) is 6.07 Å². The van der Waals surface area contributed by atoms with Crippen LogP contribution in [0.5, 0.6) is 0 Å². The number of anilines is 1. The molecule has 0 amide bonds. The van der Waals surface area contributed by atoms with Crippen LogP contribution in [0.3, 0.4) is 0 Å². The minimum Gasteiger partial charge on any atom is -0.475 e. The van der Waals surface area contributed by atoms with Crippen LogP contribution in [-0.4, -0.2) is 18.1 Å². The number of nitrogens with zero attached hydrogens (tertiary/aromatic N) is 2. The van der Waals surface area contributed by atoms with Gasteiger partial charge in [-0.05, 0) is 23.8 Å². The van der Waals surface area contributed by atoms with Crippen LogP contribution in [0.1, 0.15) is 21.7 Å². The lowest BCUT2D eigenvalue weighted by Crippen LogP contribution is -2.15. The molecule has 0 unspecified atom stereocenters. The van der Waals surface area contributed by atoms with Crippen LogP contribution in [0.2, 0.25) is 0 Å². The first-order valence-corrected chi connectivity index (χ1v) is 5.63. The van der Waals surface area contributed by atoms with E-state index in [1.807, 2.05) is 12.1 Å². The van der Waals surface area contributed by atoms with Crippen molar-refractivity contribution in [1.82, 2.24) is 0 Å². The maximum Gasteiger partial charge on any atom is 0.371 e. The molecule has 2 rings (SSSR count). The summed E-state index contributed by atoms with van der Waals surface area (Å²) in [4.78, 5) is 12.5. The van der Waals surface area contributed by atoms with Gasteiger partial charge in [0.1, 0.15) is 0 Å². The van der Waals surface area contributed by atoms with Gasteiger partial charge in [0.15, 0.2) is 5.88 Å². The highest BCUT2D eigenvalue weighted by molar-refractivity contribution is 5.84. The molecule has 96 valence electrons. The Kier molecular flexibility index (Phi) is 3.53. The van der Waals surface area contributed by atoms with Crippen molar-refractivity contribution in [2.75, 3.05) is 11.9 Å². The molecule has 0 saturated heterocycles. The molecule has 0 atom stereocenters. The summed E-state index contributed by atoms with van der Waals surface area (Å²) in [6.45, 7) is 0.530. The van der Waals surface area contributed by atoms with Crippen molar-refractivity contribution in [2.24, 2.45) is 0 Å². The quantitative estimate of drug-likeness (QED) is 0.909. The molecule has 0 bridgehead atoms. The number of aromatic carboxylic acids is 1. The molecule has 0 saturated carbocycles. The molecule has 2 aromatic rings. The van der Waals surface area contributed by atoms with Crippen molar-refractivity contribution in [2.45, 2.75) is 6.54 Å². The molecule has 19 heavy (non-hydrogen) atoms. The molecule has 0 radical (unpaired) electrons. The molecule has 0 spiro atoms. The van der Waals surface area contributed by atoms with Gasteiger partial charge in [0.25, 0.3) is 0 Å². The van der Waals surface area contributed by atoms with Crippen LogP contribution in [-0.2, 0) is 6.54 Å². The highest BCUT2D eigenvalue weighted by Crippen LogP contribution is 2.19. The average molecular weight is 256 g/mol. The van der Waals surface area contributed by atoms with Crippen LogP contribution in [0.15, 0.2) is 40.8 Å². The van der Waals surface area contributed by atoms with E-state index in [0.717, 1.165) is 5.56 Å². The van der Waals surface area contributed by atoms with Crippen LogP contribution in [0.25, 0.3) is 0 Å². The fraction of sp³-hybridized carbons (Fsp3) is 0.143. The van der Waals surface area contributed by atoms with Gasteiger partial charge in [0, 0.05) is 19.7 Å². The highest BCUT2D eigenvalue weighted by atomic mass is 16.4. The number of furan rings is 1. The number of carboxylic acids is 1. The Hall–Kier alpha value is -2.74. The molecule has 5 heteroatoms. The van der Waals surface area contributed by atoms with Crippen molar-refractivity contribution in [3.63, 3.8) is 0 Å². The zero-order valence-electron chi connectivity index (χ0n) is 10.3. The van der Waals surface area contributed by atoms with Crippen LogP contribution < -0.4 is 4.90 Å². The van der Waals surface area contributed by atoms with Crippen LogP contribution >= 0.6 is 0 Å². The van der Waals surface area contributed by atoms with Gasteiger partial charge in [0.2, 0.25) is 5.76 Å². The summed E-state index contributed by atoms with van der Waals surface area (Å²) in [5.74, 6) is -0.710. The first kappa shape index (κ1) is 12.7. The third kappa shape index (κ3) is 2.93. The van der Waals surface area contributed by atoms with Crippen molar-refractivity contribution >= 4 is 11.9 Å². The molecule has 0 aliphatic rings.